The summed E-state index contributed by atoms with van der Waals surface area (Å²) in [5, 5.41) is 4.20. The zero-order valence-electron chi connectivity index (χ0n) is 9.85. The maximum Gasteiger partial charge on any atom is 0.125 e. The molecule has 0 aromatic heterocycles. The Balaban J connectivity index is 2.44. The largest absolute Gasteiger partial charge is 0.496 e. The number of ether oxygens (including phenoxy) is 1. The number of aryl methyl sites for hydroxylation is 1. The molecule has 1 aromatic rings. The third-order valence-electron chi connectivity index (χ3n) is 3.24. The highest BCUT2D eigenvalue weighted by Crippen LogP contribution is 2.36. The summed E-state index contributed by atoms with van der Waals surface area (Å²) in [7, 11) is 1.74. The molecule has 1 aliphatic heterocycles. The van der Waals surface area contributed by atoms with Crippen molar-refractivity contribution in [1.82, 2.24) is 5.32 Å². The molecule has 0 saturated carbocycles. The van der Waals surface area contributed by atoms with Gasteiger partial charge in [0.1, 0.15) is 5.75 Å². The fourth-order valence-corrected chi connectivity index (χ4v) is 2.66. The summed E-state index contributed by atoms with van der Waals surface area (Å²) in [6, 6.07) is 4.06. The molecular formula is C13H18ClNO. The smallest absolute Gasteiger partial charge is 0.125 e. The average molecular weight is 240 g/mol. The first kappa shape index (κ1) is 11.7. The molecule has 1 aromatic carbocycles. The molecule has 1 heterocycles. The minimum atomic E-state index is 0.541. The number of benzene rings is 1. The van der Waals surface area contributed by atoms with E-state index in [-0.39, 0.29) is 0 Å². The molecule has 1 fully saturated rings. The van der Waals surface area contributed by atoms with Crippen LogP contribution in [0.3, 0.4) is 0 Å². The molecule has 1 atom stereocenters. The molecular weight excluding hydrogens is 222 g/mol. The van der Waals surface area contributed by atoms with Gasteiger partial charge in [-0.2, -0.15) is 0 Å². The van der Waals surface area contributed by atoms with Crippen LogP contribution >= 0.6 is 11.6 Å². The van der Waals surface area contributed by atoms with Crippen molar-refractivity contribution in [2.24, 2.45) is 0 Å². The number of nitrogens with one attached hydrogen (secondary N) is 1. The second kappa shape index (κ2) is 5.07. The summed E-state index contributed by atoms with van der Waals surface area (Å²) in [6.07, 6.45) is 2.12. The topological polar surface area (TPSA) is 21.3 Å². The van der Waals surface area contributed by atoms with E-state index in [1.165, 1.54) is 17.5 Å². The fourth-order valence-electron chi connectivity index (χ4n) is 2.41. The van der Waals surface area contributed by atoms with Crippen LogP contribution in [-0.4, -0.2) is 20.2 Å². The minimum Gasteiger partial charge on any atom is -0.496 e. The average Bonchev–Trinajstić information content (AvgIpc) is 2.81. The Morgan fingerprint density at radius 2 is 2.31 bits per heavy atom. The fraction of sp³-hybridized carbons (Fsp3) is 0.538. The second-order valence-electron chi connectivity index (χ2n) is 4.23. The standard InChI is InChI=1S/C13H18ClNO/c1-3-9-6-11(14)7-12(13(9)16-2)10-4-5-15-8-10/h6-7,10,15H,3-5,8H2,1-2H3. The number of rotatable bonds is 3. The molecule has 16 heavy (non-hydrogen) atoms. The quantitative estimate of drug-likeness (QED) is 0.876. The first-order chi connectivity index (χ1) is 7.76. The first-order valence-corrected chi connectivity index (χ1v) is 6.21. The van der Waals surface area contributed by atoms with Crippen LogP contribution in [0.4, 0.5) is 0 Å². The molecule has 1 unspecified atom stereocenters. The van der Waals surface area contributed by atoms with Gasteiger partial charge in [0.25, 0.3) is 0 Å². The molecule has 0 amide bonds. The second-order valence-corrected chi connectivity index (χ2v) is 4.67. The predicted molar refractivity (Wildman–Crippen MR) is 67.6 cm³/mol. The molecule has 1 saturated heterocycles. The molecule has 1 N–H and O–H groups in total. The van der Waals surface area contributed by atoms with Gasteiger partial charge in [-0.15, -0.1) is 0 Å². The number of hydrogen-bond acceptors (Lipinski definition) is 2. The Labute approximate surface area is 102 Å². The Hall–Kier alpha value is -0.730. The van der Waals surface area contributed by atoms with Gasteiger partial charge in [-0.25, -0.2) is 0 Å². The zero-order chi connectivity index (χ0) is 11.5. The Morgan fingerprint density at radius 1 is 1.50 bits per heavy atom. The van der Waals surface area contributed by atoms with Crippen molar-refractivity contribution in [2.45, 2.75) is 25.7 Å². The predicted octanol–water partition coefficient (Wildman–Crippen LogP) is 2.99. The molecule has 0 radical (unpaired) electrons. The van der Waals surface area contributed by atoms with E-state index in [1.807, 2.05) is 6.07 Å². The molecule has 2 nitrogen and oxygen atoms in total. The lowest BCUT2D eigenvalue weighted by atomic mass is 9.94. The van der Waals surface area contributed by atoms with Gasteiger partial charge in [0.05, 0.1) is 7.11 Å². The van der Waals surface area contributed by atoms with Crippen LogP contribution in [0.5, 0.6) is 5.75 Å². The normalized spacial score (nSPS) is 20.1. The SMILES string of the molecule is CCc1cc(Cl)cc(C2CCNC2)c1OC. The molecule has 3 heteroatoms. The summed E-state index contributed by atoms with van der Waals surface area (Å²) < 4.78 is 5.55. The number of methoxy groups -OCH3 is 1. The van der Waals surface area contributed by atoms with Crippen LogP contribution < -0.4 is 10.1 Å². The van der Waals surface area contributed by atoms with Crippen LogP contribution in [0.1, 0.15) is 30.4 Å². The van der Waals surface area contributed by atoms with Crippen molar-refractivity contribution in [3.05, 3.63) is 28.3 Å². The molecule has 0 bridgehead atoms. The van der Waals surface area contributed by atoms with Crippen LogP contribution in [0.15, 0.2) is 12.1 Å². The van der Waals surface area contributed by atoms with E-state index in [0.717, 1.165) is 30.3 Å². The maximum absolute atomic E-state index is 6.16. The minimum absolute atomic E-state index is 0.541. The monoisotopic (exact) mass is 239 g/mol. The third-order valence-corrected chi connectivity index (χ3v) is 3.46. The van der Waals surface area contributed by atoms with Gasteiger partial charge < -0.3 is 10.1 Å². The molecule has 0 aliphatic carbocycles. The van der Waals surface area contributed by atoms with E-state index >= 15 is 0 Å². The van der Waals surface area contributed by atoms with Crippen molar-refractivity contribution >= 4 is 11.6 Å². The van der Waals surface area contributed by atoms with E-state index in [0.29, 0.717) is 5.92 Å². The van der Waals surface area contributed by atoms with Gasteiger partial charge in [-0.1, -0.05) is 18.5 Å². The van der Waals surface area contributed by atoms with Crippen molar-refractivity contribution in [1.29, 1.82) is 0 Å². The van der Waals surface area contributed by atoms with Gasteiger partial charge in [0, 0.05) is 23.0 Å². The van der Waals surface area contributed by atoms with E-state index in [1.54, 1.807) is 7.11 Å². The number of halogens is 1. The number of hydrogen-bond donors (Lipinski definition) is 1. The molecule has 88 valence electrons. The van der Waals surface area contributed by atoms with Crippen LogP contribution in [-0.2, 0) is 6.42 Å². The Bertz CT molecular complexity index is 372. The highest BCUT2D eigenvalue weighted by Gasteiger charge is 2.22. The maximum atomic E-state index is 6.16. The molecule has 2 rings (SSSR count). The van der Waals surface area contributed by atoms with E-state index in [9.17, 15) is 0 Å². The summed E-state index contributed by atoms with van der Waals surface area (Å²) >= 11 is 6.16. The van der Waals surface area contributed by atoms with E-state index in [4.69, 9.17) is 16.3 Å². The Morgan fingerprint density at radius 3 is 2.88 bits per heavy atom. The van der Waals surface area contributed by atoms with Gasteiger partial charge in [-0.05, 0) is 37.1 Å². The molecule has 0 spiro atoms. The first-order valence-electron chi connectivity index (χ1n) is 5.83. The van der Waals surface area contributed by atoms with Crippen LogP contribution in [0, 0.1) is 0 Å². The van der Waals surface area contributed by atoms with E-state index < -0.39 is 0 Å². The third kappa shape index (κ3) is 2.18. The van der Waals surface area contributed by atoms with Gasteiger partial charge in [0.15, 0.2) is 0 Å². The van der Waals surface area contributed by atoms with Gasteiger partial charge >= 0.3 is 0 Å². The van der Waals surface area contributed by atoms with Crippen molar-refractivity contribution in [2.75, 3.05) is 20.2 Å². The van der Waals surface area contributed by atoms with Crippen LogP contribution in [0.2, 0.25) is 5.02 Å². The van der Waals surface area contributed by atoms with Crippen molar-refractivity contribution in [3.63, 3.8) is 0 Å². The highest BCUT2D eigenvalue weighted by molar-refractivity contribution is 6.30. The summed E-state index contributed by atoms with van der Waals surface area (Å²) in [5.74, 6) is 1.57. The lowest BCUT2D eigenvalue weighted by Crippen LogP contribution is -2.09. The van der Waals surface area contributed by atoms with Gasteiger partial charge in [0.2, 0.25) is 0 Å². The lowest BCUT2D eigenvalue weighted by Gasteiger charge is -2.17. The van der Waals surface area contributed by atoms with Crippen LogP contribution in [0.25, 0.3) is 0 Å². The molecule has 1 aliphatic rings. The summed E-state index contributed by atoms with van der Waals surface area (Å²) in [4.78, 5) is 0. The zero-order valence-corrected chi connectivity index (χ0v) is 10.6. The highest BCUT2D eigenvalue weighted by atomic mass is 35.5. The van der Waals surface area contributed by atoms with E-state index in [2.05, 4.69) is 18.3 Å². The van der Waals surface area contributed by atoms with Crippen molar-refractivity contribution < 1.29 is 4.74 Å². The summed E-state index contributed by atoms with van der Waals surface area (Å²) in [5.41, 5.74) is 2.47. The Kier molecular flexibility index (Phi) is 3.72. The summed E-state index contributed by atoms with van der Waals surface area (Å²) in [6.45, 7) is 4.24. The van der Waals surface area contributed by atoms with Gasteiger partial charge in [-0.3, -0.25) is 0 Å². The lowest BCUT2D eigenvalue weighted by molar-refractivity contribution is 0.401. The van der Waals surface area contributed by atoms with Crippen molar-refractivity contribution in [3.8, 4) is 5.75 Å².